The predicted octanol–water partition coefficient (Wildman–Crippen LogP) is 2.39. The summed E-state index contributed by atoms with van der Waals surface area (Å²) < 4.78 is 14.7. The lowest BCUT2D eigenvalue weighted by molar-refractivity contribution is 0.195. The number of halogens is 1. The molecule has 82 valence electrons. The van der Waals surface area contributed by atoms with E-state index >= 15 is 0 Å². The third-order valence-corrected chi connectivity index (χ3v) is 3.27. The van der Waals surface area contributed by atoms with Gasteiger partial charge in [-0.25, -0.2) is 4.39 Å². The minimum atomic E-state index is -1.23. The molecule has 0 radical (unpaired) electrons. The fourth-order valence-electron chi connectivity index (χ4n) is 2.40. The Morgan fingerprint density at radius 1 is 1.31 bits per heavy atom. The molecule has 2 nitrogen and oxygen atoms in total. The number of aromatic nitrogens is 1. The van der Waals surface area contributed by atoms with Crippen LogP contribution in [0.2, 0.25) is 0 Å². The van der Waals surface area contributed by atoms with Gasteiger partial charge >= 0.3 is 0 Å². The van der Waals surface area contributed by atoms with Crippen molar-refractivity contribution in [3.63, 3.8) is 0 Å². The number of rotatable bonds is 1. The summed E-state index contributed by atoms with van der Waals surface area (Å²) >= 11 is 0. The van der Waals surface area contributed by atoms with Crippen molar-refractivity contribution < 1.29 is 4.39 Å². The third kappa shape index (κ3) is 1.39. The van der Waals surface area contributed by atoms with E-state index < -0.39 is 5.67 Å². The highest BCUT2D eigenvalue weighted by atomic mass is 19.1. The second-order valence-electron chi connectivity index (χ2n) is 4.29. The Bertz CT molecular complexity index is 513. The monoisotopic (exact) mass is 216 g/mol. The number of hydrogen-bond acceptors (Lipinski definition) is 2. The normalized spacial score (nSPS) is 25.1. The van der Waals surface area contributed by atoms with Gasteiger partial charge in [-0.05, 0) is 30.0 Å². The Balaban J connectivity index is 2.23. The van der Waals surface area contributed by atoms with E-state index in [1.165, 1.54) is 0 Å². The van der Waals surface area contributed by atoms with Crippen molar-refractivity contribution in [1.82, 2.24) is 10.3 Å². The van der Waals surface area contributed by atoms with Gasteiger partial charge in [0.15, 0.2) is 0 Å². The van der Waals surface area contributed by atoms with Gasteiger partial charge in [-0.1, -0.05) is 18.2 Å². The van der Waals surface area contributed by atoms with Crippen molar-refractivity contribution >= 4 is 10.8 Å². The molecule has 1 aromatic carbocycles. The highest BCUT2D eigenvalue weighted by Crippen LogP contribution is 2.36. The molecule has 1 atom stereocenters. The van der Waals surface area contributed by atoms with Crippen LogP contribution in [0.3, 0.4) is 0 Å². The average Bonchev–Trinajstić information content (AvgIpc) is 2.77. The summed E-state index contributed by atoms with van der Waals surface area (Å²) in [4.78, 5) is 4.09. The molecule has 1 aromatic heterocycles. The van der Waals surface area contributed by atoms with E-state index in [2.05, 4.69) is 10.3 Å². The van der Waals surface area contributed by atoms with Crippen LogP contribution in [-0.2, 0) is 5.67 Å². The molecular formula is C13H13FN2. The minimum absolute atomic E-state index is 0.404. The van der Waals surface area contributed by atoms with Gasteiger partial charge in [-0.3, -0.25) is 4.98 Å². The van der Waals surface area contributed by atoms with Crippen LogP contribution >= 0.6 is 0 Å². The Hall–Kier alpha value is -1.48. The van der Waals surface area contributed by atoms with Crippen LogP contribution in [0.4, 0.5) is 4.39 Å². The molecule has 0 aliphatic carbocycles. The van der Waals surface area contributed by atoms with Crippen LogP contribution in [-0.4, -0.2) is 18.1 Å². The fraction of sp³-hybridized carbons (Fsp3) is 0.308. The molecule has 0 spiro atoms. The van der Waals surface area contributed by atoms with Gasteiger partial charge in [0.25, 0.3) is 0 Å². The van der Waals surface area contributed by atoms with Gasteiger partial charge in [0.2, 0.25) is 0 Å². The zero-order chi connectivity index (χ0) is 11.0. The summed E-state index contributed by atoms with van der Waals surface area (Å²) in [7, 11) is 0. The molecule has 1 saturated heterocycles. The molecule has 3 rings (SSSR count). The molecular weight excluding hydrogens is 203 g/mol. The van der Waals surface area contributed by atoms with E-state index in [0.29, 0.717) is 13.0 Å². The maximum Gasteiger partial charge on any atom is 0.150 e. The number of nitrogens with one attached hydrogen (secondary N) is 1. The van der Waals surface area contributed by atoms with Gasteiger partial charge in [0.1, 0.15) is 5.67 Å². The van der Waals surface area contributed by atoms with Crippen LogP contribution in [0.25, 0.3) is 10.8 Å². The summed E-state index contributed by atoms with van der Waals surface area (Å²) in [5, 5.41) is 5.06. The number of nitrogens with zero attached hydrogens (tertiary/aromatic N) is 1. The highest BCUT2D eigenvalue weighted by Gasteiger charge is 2.36. The van der Waals surface area contributed by atoms with Crippen molar-refractivity contribution in [2.24, 2.45) is 0 Å². The standard InChI is InChI=1S/C13H13FN2/c14-13(5-7-16-9-13)12-3-1-2-10-4-6-15-8-11(10)12/h1-4,6,8,16H,5,7,9H2. The highest BCUT2D eigenvalue weighted by molar-refractivity contribution is 5.85. The zero-order valence-corrected chi connectivity index (χ0v) is 8.91. The van der Waals surface area contributed by atoms with E-state index in [1.807, 2.05) is 24.3 Å². The minimum Gasteiger partial charge on any atom is -0.313 e. The number of benzene rings is 1. The summed E-state index contributed by atoms with van der Waals surface area (Å²) in [6.07, 6.45) is 4.04. The lowest BCUT2D eigenvalue weighted by Gasteiger charge is -2.20. The summed E-state index contributed by atoms with van der Waals surface area (Å²) in [6, 6.07) is 7.70. The van der Waals surface area contributed by atoms with Gasteiger partial charge in [-0.2, -0.15) is 0 Å². The first-order valence-electron chi connectivity index (χ1n) is 5.52. The number of hydrogen-bond donors (Lipinski definition) is 1. The molecule has 1 N–H and O–H groups in total. The zero-order valence-electron chi connectivity index (χ0n) is 8.91. The number of alkyl halides is 1. The van der Waals surface area contributed by atoms with Crippen molar-refractivity contribution in [2.75, 3.05) is 13.1 Å². The second kappa shape index (κ2) is 3.52. The molecule has 2 aromatic rings. The lowest BCUT2D eigenvalue weighted by atomic mass is 9.91. The van der Waals surface area contributed by atoms with Gasteiger partial charge in [0, 0.05) is 24.3 Å². The smallest absolute Gasteiger partial charge is 0.150 e. The quantitative estimate of drug-likeness (QED) is 0.791. The number of pyridine rings is 1. The Kier molecular flexibility index (Phi) is 2.14. The first-order valence-corrected chi connectivity index (χ1v) is 5.52. The average molecular weight is 216 g/mol. The van der Waals surface area contributed by atoms with Crippen LogP contribution in [0.5, 0.6) is 0 Å². The van der Waals surface area contributed by atoms with Crippen molar-refractivity contribution in [3.05, 3.63) is 42.2 Å². The van der Waals surface area contributed by atoms with E-state index in [1.54, 1.807) is 12.4 Å². The lowest BCUT2D eigenvalue weighted by Crippen LogP contribution is -2.23. The molecule has 1 unspecified atom stereocenters. The molecule has 0 amide bonds. The van der Waals surface area contributed by atoms with Crippen LogP contribution in [0.1, 0.15) is 12.0 Å². The maximum atomic E-state index is 14.7. The Morgan fingerprint density at radius 3 is 3.06 bits per heavy atom. The summed E-state index contributed by atoms with van der Waals surface area (Å²) in [5.41, 5.74) is -0.467. The van der Waals surface area contributed by atoms with Crippen LogP contribution < -0.4 is 5.32 Å². The summed E-state index contributed by atoms with van der Waals surface area (Å²) in [5.74, 6) is 0. The number of fused-ring (bicyclic) bond motifs is 1. The molecule has 0 saturated carbocycles. The van der Waals surface area contributed by atoms with Gasteiger partial charge in [0.05, 0.1) is 0 Å². The first-order chi connectivity index (χ1) is 7.80. The molecule has 1 aliphatic rings. The van der Waals surface area contributed by atoms with Crippen molar-refractivity contribution in [2.45, 2.75) is 12.1 Å². The third-order valence-electron chi connectivity index (χ3n) is 3.27. The predicted molar refractivity (Wildman–Crippen MR) is 62.0 cm³/mol. The largest absolute Gasteiger partial charge is 0.313 e. The van der Waals surface area contributed by atoms with Crippen LogP contribution in [0.15, 0.2) is 36.7 Å². The molecule has 2 heterocycles. The fourth-order valence-corrected chi connectivity index (χ4v) is 2.40. The first kappa shape index (κ1) is 9.73. The van der Waals surface area contributed by atoms with E-state index in [4.69, 9.17) is 0 Å². The Labute approximate surface area is 93.5 Å². The molecule has 3 heteroatoms. The van der Waals surface area contributed by atoms with Crippen molar-refractivity contribution in [3.8, 4) is 0 Å². The second-order valence-corrected chi connectivity index (χ2v) is 4.29. The van der Waals surface area contributed by atoms with Crippen molar-refractivity contribution in [1.29, 1.82) is 0 Å². The van der Waals surface area contributed by atoms with E-state index in [-0.39, 0.29) is 0 Å². The maximum absolute atomic E-state index is 14.7. The van der Waals surface area contributed by atoms with E-state index in [0.717, 1.165) is 22.9 Å². The molecule has 0 bridgehead atoms. The Morgan fingerprint density at radius 2 is 2.25 bits per heavy atom. The van der Waals surface area contributed by atoms with Gasteiger partial charge < -0.3 is 5.32 Å². The molecule has 1 fully saturated rings. The molecule has 16 heavy (non-hydrogen) atoms. The van der Waals surface area contributed by atoms with E-state index in [9.17, 15) is 4.39 Å². The van der Waals surface area contributed by atoms with Crippen LogP contribution in [0, 0.1) is 0 Å². The molecule has 1 aliphatic heterocycles. The topological polar surface area (TPSA) is 24.9 Å². The SMILES string of the molecule is FC1(c2cccc3ccncc23)CCNC1. The summed E-state index contributed by atoms with van der Waals surface area (Å²) in [6.45, 7) is 1.15. The van der Waals surface area contributed by atoms with Gasteiger partial charge in [-0.15, -0.1) is 0 Å².